The number of aryl methyl sites for hydroxylation is 2. The predicted octanol–water partition coefficient (Wildman–Crippen LogP) is 6.39. The van der Waals surface area contributed by atoms with Crippen molar-refractivity contribution in [2.75, 3.05) is 0 Å². The second-order valence-electron chi connectivity index (χ2n) is 8.12. The van der Waals surface area contributed by atoms with Gasteiger partial charge < -0.3 is 10.1 Å². The number of hydrogen-bond donors (Lipinski definition) is 0. The van der Waals surface area contributed by atoms with Crippen molar-refractivity contribution in [3.63, 3.8) is 0 Å². The number of para-hydroxylation sites is 2. The molecule has 0 spiro atoms. The van der Waals surface area contributed by atoms with E-state index < -0.39 is 4.92 Å². The van der Waals surface area contributed by atoms with E-state index in [4.69, 9.17) is 4.98 Å². The lowest BCUT2D eigenvalue weighted by Crippen LogP contribution is -2.04. The Morgan fingerprint density at radius 3 is 2.23 bits per heavy atom. The molecule has 0 fully saturated rings. The van der Waals surface area contributed by atoms with Gasteiger partial charge in [0.15, 0.2) is 5.69 Å². The van der Waals surface area contributed by atoms with Gasteiger partial charge in [0, 0.05) is 5.56 Å². The van der Waals surface area contributed by atoms with Gasteiger partial charge >= 0.3 is 5.82 Å². The molecule has 5 aromatic rings. The maximum absolute atomic E-state index is 12.0. The minimum absolute atomic E-state index is 0.201. The molecule has 6 rings (SSSR count). The molecule has 0 bridgehead atoms. The van der Waals surface area contributed by atoms with Gasteiger partial charge in [-0.1, -0.05) is 48.5 Å². The van der Waals surface area contributed by atoms with Gasteiger partial charge in [0.2, 0.25) is 5.52 Å². The van der Waals surface area contributed by atoms with E-state index >= 15 is 0 Å². The van der Waals surface area contributed by atoms with Crippen LogP contribution in [-0.4, -0.2) is 14.9 Å². The Morgan fingerprint density at radius 1 is 0.742 bits per heavy atom. The van der Waals surface area contributed by atoms with Gasteiger partial charge in [-0.25, -0.2) is 4.98 Å². The lowest BCUT2D eigenvalue weighted by molar-refractivity contribution is -0.388. The van der Waals surface area contributed by atoms with Gasteiger partial charge in [-0.05, 0) is 86.5 Å². The molecule has 0 atom stereocenters. The number of rotatable bonds is 2. The van der Waals surface area contributed by atoms with E-state index in [2.05, 4.69) is 29.2 Å². The molecule has 0 amide bonds. The average molecular weight is 405 g/mol. The van der Waals surface area contributed by atoms with E-state index in [1.54, 1.807) is 6.07 Å². The lowest BCUT2D eigenvalue weighted by Gasteiger charge is -2.20. The maximum Gasteiger partial charge on any atom is 0.390 e. The summed E-state index contributed by atoms with van der Waals surface area (Å²) in [5, 5.41) is 16.4. The highest BCUT2D eigenvalue weighted by atomic mass is 16.6. The molecular formula is C26H19N3O2. The standard InChI is InChI=1S/C26H19N3O2/c30-29(31)26-25(27-23-11-5-6-12-24(23)28-26)22-15-21-17-8-2-1-7-16(17)13-14-20(21)18-9-3-4-10-19(18)22/h3-6,9-15H,1-2,7-8H2. The highest BCUT2D eigenvalue weighted by Crippen LogP contribution is 2.40. The predicted molar refractivity (Wildman–Crippen MR) is 123 cm³/mol. The Labute approximate surface area is 178 Å². The Balaban J connectivity index is 1.77. The van der Waals surface area contributed by atoms with Crippen molar-refractivity contribution < 1.29 is 4.92 Å². The molecule has 1 aliphatic rings. The normalized spacial score (nSPS) is 13.5. The van der Waals surface area contributed by atoms with Crippen LogP contribution in [0.5, 0.6) is 0 Å². The van der Waals surface area contributed by atoms with E-state index in [1.165, 1.54) is 34.7 Å². The molecule has 0 saturated heterocycles. The lowest BCUT2D eigenvalue weighted by atomic mass is 9.85. The van der Waals surface area contributed by atoms with E-state index in [1.807, 2.05) is 36.4 Å². The average Bonchev–Trinajstić information content (AvgIpc) is 2.82. The van der Waals surface area contributed by atoms with Crippen LogP contribution in [0.3, 0.4) is 0 Å². The molecule has 0 N–H and O–H groups in total. The van der Waals surface area contributed by atoms with E-state index in [0.29, 0.717) is 16.7 Å². The van der Waals surface area contributed by atoms with Gasteiger partial charge in [0.1, 0.15) is 5.52 Å². The van der Waals surface area contributed by atoms with Crippen molar-refractivity contribution in [1.29, 1.82) is 0 Å². The zero-order valence-electron chi connectivity index (χ0n) is 16.8. The Kier molecular flexibility index (Phi) is 3.96. The van der Waals surface area contributed by atoms with Crippen LogP contribution in [0.25, 0.3) is 43.8 Å². The second-order valence-corrected chi connectivity index (χ2v) is 8.12. The fourth-order valence-corrected chi connectivity index (χ4v) is 4.93. The number of aromatic nitrogens is 2. The van der Waals surface area contributed by atoms with Crippen LogP contribution in [0.4, 0.5) is 5.82 Å². The van der Waals surface area contributed by atoms with Crippen molar-refractivity contribution >= 4 is 38.4 Å². The summed E-state index contributed by atoms with van der Waals surface area (Å²) in [4.78, 5) is 20.6. The molecule has 150 valence electrons. The summed E-state index contributed by atoms with van der Waals surface area (Å²) in [7, 11) is 0. The van der Waals surface area contributed by atoms with E-state index in [0.717, 1.165) is 29.2 Å². The van der Waals surface area contributed by atoms with Gasteiger partial charge in [0.05, 0.1) is 0 Å². The molecule has 1 heterocycles. The molecule has 1 aliphatic carbocycles. The summed E-state index contributed by atoms with van der Waals surface area (Å²) in [6, 6.07) is 22.0. The molecule has 0 aliphatic heterocycles. The smallest absolute Gasteiger partial charge is 0.358 e. The summed E-state index contributed by atoms with van der Waals surface area (Å²) in [5.41, 5.74) is 5.04. The van der Waals surface area contributed by atoms with Crippen LogP contribution in [0, 0.1) is 10.1 Å². The van der Waals surface area contributed by atoms with Crippen LogP contribution >= 0.6 is 0 Å². The summed E-state index contributed by atoms with van der Waals surface area (Å²) in [6.45, 7) is 0. The highest BCUT2D eigenvalue weighted by Gasteiger charge is 2.24. The molecular weight excluding hydrogens is 386 g/mol. The van der Waals surface area contributed by atoms with Crippen LogP contribution in [0.1, 0.15) is 24.0 Å². The van der Waals surface area contributed by atoms with E-state index in [-0.39, 0.29) is 5.82 Å². The third-order valence-corrected chi connectivity index (χ3v) is 6.35. The molecule has 0 saturated carbocycles. The Hall–Kier alpha value is -3.86. The van der Waals surface area contributed by atoms with Crippen molar-refractivity contribution in [3.05, 3.63) is 88.0 Å². The third-order valence-electron chi connectivity index (χ3n) is 6.35. The van der Waals surface area contributed by atoms with Crippen molar-refractivity contribution in [1.82, 2.24) is 9.97 Å². The van der Waals surface area contributed by atoms with Crippen LogP contribution in [0.2, 0.25) is 0 Å². The maximum atomic E-state index is 12.0. The monoisotopic (exact) mass is 405 g/mol. The first kappa shape index (κ1) is 18.0. The summed E-state index contributed by atoms with van der Waals surface area (Å²) >= 11 is 0. The number of fused-ring (bicyclic) bond motifs is 6. The van der Waals surface area contributed by atoms with E-state index in [9.17, 15) is 10.1 Å². The number of nitro groups is 1. The summed E-state index contributed by atoms with van der Waals surface area (Å²) in [5.74, 6) is -0.201. The molecule has 0 unspecified atom stereocenters. The molecule has 1 aromatic heterocycles. The third kappa shape index (κ3) is 2.77. The van der Waals surface area contributed by atoms with Crippen molar-refractivity contribution in [3.8, 4) is 11.3 Å². The Morgan fingerprint density at radius 2 is 1.42 bits per heavy atom. The van der Waals surface area contributed by atoms with Gasteiger partial charge in [-0.15, -0.1) is 0 Å². The molecule has 0 radical (unpaired) electrons. The fourth-order valence-electron chi connectivity index (χ4n) is 4.93. The SMILES string of the molecule is O=[N+]([O-])c1nc2ccccc2nc1-c1cc2c3c(ccc2c2ccccc12)CCCC3. The van der Waals surface area contributed by atoms with Crippen LogP contribution in [-0.2, 0) is 12.8 Å². The topological polar surface area (TPSA) is 68.9 Å². The van der Waals surface area contributed by atoms with Gasteiger partial charge in [-0.2, -0.15) is 0 Å². The van der Waals surface area contributed by atoms with Gasteiger partial charge in [-0.3, -0.25) is 0 Å². The first-order valence-electron chi connectivity index (χ1n) is 10.6. The zero-order valence-corrected chi connectivity index (χ0v) is 16.8. The zero-order chi connectivity index (χ0) is 20.9. The van der Waals surface area contributed by atoms with Crippen molar-refractivity contribution in [2.24, 2.45) is 0 Å². The summed E-state index contributed by atoms with van der Waals surface area (Å²) < 4.78 is 0. The molecule has 5 nitrogen and oxygen atoms in total. The van der Waals surface area contributed by atoms with Crippen LogP contribution in [0.15, 0.2) is 66.7 Å². The molecule has 5 heteroatoms. The largest absolute Gasteiger partial charge is 0.390 e. The fraction of sp³-hybridized carbons (Fsp3) is 0.154. The number of benzene rings is 4. The Bertz CT molecular complexity index is 1520. The second kappa shape index (κ2) is 6.84. The number of hydrogen-bond acceptors (Lipinski definition) is 4. The van der Waals surface area contributed by atoms with Crippen LogP contribution < -0.4 is 0 Å². The highest BCUT2D eigenvalue weighted by molar-refractivity contribution is 6.15. The minimum atomic E-state index is -0.422. The first-order chi connectivity index (χ1) is 15.2. The molecule has 31 heavy (non-hydrogen) atoms. The minimum Gasteiger partial charge on any atom is -0.358 e. The van der Waals surface area contributed by atoms with Crippen molar-refractivity contribution in [2.45, 2.75) is 25.7 Å². The summed E-state index contributed by atoms with van der Waals surface area (Å²) in [6.07, 6.45) is 4.50. The number of nitrogens with zero attached hydrogens (tertiary/aromatic N) is 3. The quantitative estimate of drug-likeness (QED) is 0.194. The molecule has 4 aromatic carbocycles. The first-order valence-corrected chi connectivity index (χ1v) is 10.6. The van der Waals surface area contributed by atoms with Gasteiger partial charge in [0.25, 0.3) is 0 Å².